The molecule has 5 heterocycles. The van der Waals surface area contributed by atoms with Crippen LogP contribution in [0.2, 0.25) is 0 Å². The van der Waals surface area contributed by atoms with Crippen LogP contribution in [0, 0.1) is 5.82 Å². The molecule has 0 spiro atoms. The minimum absolute atomic E-state index is 0.0251. The van der Waals surface area contributed by atoms with Gasteiger partial charge in [-0.2, -0.15) is 4.98 Å². The number of imidazole rings is 1. The first-order valence-electron chi connectivity index (χ1n) is 14.3. The van der Waals surface area contributed by atoms with Gasteiger partial charge in [0.2, 0.25) is 17.5 Å². The molecule has 42 heavy (non-hydrogen) atoms. The van der Waals surface area contributed by atoms with Crippen LogP contribution < -0.4 is 0 Å². The van der Waals surface area contributed by atoms with Crippen LogP contribution in [0.3, 0.4) is 0 Å². The molecule has 1 N–H and O–H groups in total. The van der Waals surface area contributed by atoms with Gasteiger partial charge in [-0.25, -0.2) is 14.4 Å². The molecule has 0 aliphatic carbocycles. The Hall–Kier alpha value is -4.31. The average molecular weight is 568 g/mol. The van der Waals surface area contributed by atoms with Crippen molar-refractivity contribution in [2.75, 3.05) is 20.1 Å². The highest BCUT2D eigenvalue weighted by molar-refractivity contribution is 5.93. The molecule has 9 nitrogen and oxygen atoms in total. The monoisotopic (exact) mass is 567 g/mol. The van der Waals surface area contributed by atoms with Crippen LogP contribution in [-0.4, -0.2) is 60.9 Å². The fraction of sp³-hybridized carbons (Fsp3) is 0.375. The zero-order chi connectivity index (χ0) is 29.4. The molecule has 1 aliphatic rings. The van der Waals surface area contributed by atoms with E-state index in [1.807, 2.05) is 45.2 Å². The van der Waals surface area contributed by atoms with Crippen LogP contribution in [-0.2, 0) is 11.8 Å². The minimum atomic E-state index is -0.389. The highest BCUT2D eigenvalue weighted by Gasteiger charge is 2.24. The molecule has 5 aromatic rings. The summed E-state index contributed by atoms with van der Waals surface area (Å²) in [6.45, 7) is 7.98. The fourth-order valence-electron chi connectivity index (χ4n) is 5.32. The Morgan fingerprint density at radius 2 is 1.90 bits per heavy atom. The Kier molecular flexibility index (Phi) is 7.40. The highest BCUT2D eigenvalue weighted by atomic mass is 19.1. The van der Waals surface area contributed by atoms with Crippen molar-refractivity contribution >= 4 is 16.9 Å². The lowest BCUT2D eigenvalue weighted by Gasteiger charge is -2.28. The van der Waals surface area contributed by atoms with Gasteiger partial charge in [0.25, 0.3) is 0 Å². The normalized spacial score (nSPS) is 15.0. The van der Waals surface area contributed by atoms with E-state index in [2.05, 4.69) is 43.1 Å². The molecule has 0 radical (unpaired) electrons. The number of ketones is 1. The fourth-order valence-corrected chi connectivity index (χ4v) is 5.32. The second-order valence-electron chi connectivity index (χ2n) is 12.1. The summed E-state index contributed by atoms with van der Waals surface area (Å²) in [6.07, 6.45) is 6.19. The maximum absolute atomic E-state index is 15.2. The smallest absolute Gasteiger partial charge is 0.238 e. The van der Waals surface area contributed by atoms with E-state index in [0.29, 0.717) is 39.9 Å². The third-order valence-corrected chi connectivity index (χ3v) is 7.91. The number of carbonyl (C=O) groups excluding carboxylic acids is 1. The molecule has 1 fully saturated rings. The standard InChI is InChI=1S/C32H34FN7O2/c1-32(2,3)31-38-29(39-42-31)26(41)10-8-20-5-6-21(17-24(20)33)23-11-14-34-30-27(23)36-28(37-30)25-9-7-22(18-35-25)19-12-15-40(4)16-13-19/h5-7,9,11,14,17-19H,8,10,12-13,15-16H2,1-4H3,(H,34,36,37). The summed E-state index contributed by atoms with van der Waals surface area (Å²) >= 11 is 0. The van der Waals surface area contributed by atoms with E-state index in [4.69, 9.17) is 9.51 Å². The van der Waals surface area contributed by atoms with Gasteiger partial charge in [0.15, 0.2) is 11.5 Å². The van der Waals surface area contributed by atoms with E-state index in [1.54, 1.807) is 12.3 Å². The number of Topliss-reactive ketones (excluding diaryl/α,β-unsaturated/α-hetero) is 1. The number of pyridine rings is 2. The van der Waals surface area contributed by atoms with Crippen LogP contribution in [0.5, 0.6) is 0 Å². The number of halogens is 1. The molecule has 0 unspecified atom stereocenters. The first-order chi connectivity index (χ1) is 20.2. The predicted octanol–water partition coefficient (Wildman–Crippen LogP) is 6.13. The molecule has 10 heteroatoms. The van der Waals surface area contributed by atoms with E-state index in [0.717, 1.165) is 37.2 Å². The zero-order valence-corrected chi connectivity index (χ0v) is 24.3. The molecule has 216 valence electrons. The largest absolute Gasteiger partial charge is 0.338 e. The van der Waals surface area contributed by atoms with Crippen molar-refractivity contribution < 1.29 is 13.7 Å². The number of likely N-dealkylation sites (tertiary alicyclic amines) is 1. The lowest BCUT2D eigenvalue weighted by Crippen LogP contribution is -2.29. The van der Waals surface area contributed by atoms with Gasteiger partial charge in [0.05, 0.1) is 5.52 Å². The second kappa shape index (κ2) is 11.2. The van der Waals surface area contributed by atoms with E-state index in [9.17, 15) is 4.79 Å². The Bertz CT molecular complexity index is 1730. The van der Waals surface area contributed by atoms with Crippen molar-refractivity contribution in [3.8, 4) is 22.6 Å². The molecule has 1 aliphatic heterocycles. The number of aromatic nitrogens is 6. The Morgan fingerprint density at radius 3 is 2.60 bits per heavy atom. The lowest BCUT2D eigenvalue weighted by atomic mass is 9.90. The first kappa shape index (κ1) is 27.8. The van der Waals surface area contributed by atoms with Gasteiger partial charge in [-0.15, -0.1) is 0 Å². The first-order valence-corrected chi connectivity index (χ1v) is 14.3. The van der Waals surface area contributed by atoms with Crippen LogP contribution in [0.1, 0.15) is 73.6 Å². The predicted molar refractivity (Wildman–Crippen MR) is 158 cm³/mol. The van der Waals surface area contributed by atoms with Crippen molar-refractivity contribution in [3.05, 3.63) is 77.5 Å². The number of aryl methyl sites for hydroxylation is 1. The van der Waals surface area contributed by atoms with E-state index in [1.165, 1.54) is 11.6 Å². The molecule has 0 bridgehead atoms. The van der Waals surface area contributed by atoms with Crippen LogP contribution >= 0.6 is 0 Å². The molecule has 0 amide bonds. The van der Waals surface area contributed by atoms with E-state index < -0.39 is 0 Å². The number of carbonyl (C=O) groups is 1. The van der Waals surface area contributed by atoms with Crippen LogP contribution in [0.25, 0.3) is 33.8 Å². The van der Waals surface area contributed by atoms with E-state index in [-0.39, 0.29) is 35.7 Å². The zero-order valence-electron chi connectivity index (χ0n) is 24.3. The van der Waals surface area contributed by atoms with Crippen LogP contribution in [0.4, 0.5) is 4.39 Å². The van der Waals surface area contributed by atoms with Gasteiger partial charge in [-0.1, -0.05) is 44.1 Å². The maximum atomic E-state index is 15.2. The topological polar surface area (TPSA) is 114 Å². The number of hydrogen-bond donors (Lipinski definition) is 1. The average Bonchev–Trinajstić information content (AvgIpc) is 3.65. The number of fused-ring (bicyclic) bond motifs is 1. The number of nitrogens with zero attached hydrogens (tertiary/aromatic N) is 6. The highest BCUT2D eigenvalue weighted by Crippen LogP contribution is 2.31. The summed E-state index contributed by atoms with van der Waals surface area (Å²) < 4.78 is 20.4. The Balaban J connectivity index is 1.18. The van der Waals surface area contributed by atoms with Gasteiger partial charge < -0.3 is 14.4 Å². The number of rotatable bonds is 7. The molecule has 1 aromatic carbocycles. The number of hydrogen-bond acceptors (Lipinski definition) is 8. The second-order valence-corrected chi connectivity index (χ2v) is 12.1. The molecule has 1 saturated heterocycles. The number of benzene rings is 1. The number of nitrogens with one attached hydrogen (secondary N) is 1. The molecular formula is C32H34FN7O2. The van der Waals surface area contributed by atoms with Gasteiger partial charge >= 0.3 is 0 Å². The number of H-pyrrole nitrogens is 1. The van der Waals surface area contributed by atoms with Gasteiger partial charge in [-0.05, 0) is 80.2 Å². The van der Waals surface area contributed by atoms with E-state index >= 15 is 4.39 Å². The summed E-state index contributed by atoms with van der Waals surface area (Å²) in [5.41, 5.74) is 4.79. The quantitative estimate of drug-likeness (QED) is 0.234. The lowest BCUT2D eigenvalue weighted by molar-refractivity contribution is 0.0969. The van der Waals surface area contributed by atoms with Gasteiger partial charge in [0.1, 0.15) is 11.5 Å². The van der Waals surface area contributed by atoms with Crippen molar-refractivity contribution in [3.63, 3.8) is 0 Å². The SMILES string of the molecule is CN1CCC(c2ccc(-c3nc4nccc(-c5ccc(CCC(=O)c6noc(C(C)(C)C)n6)c(F)c5)c4[nH]3)nc2)CC1. The third kappa shape index (κ3) is 5.72. The maximum Gasteiger partial charge on any atom is 0.238 e. The summed E-state index contributed by atoms with van der Waals surface area (Å²) in [5, 5.41) is 3.80. The van der Waals surface area contributed by atoms with Crippen molar-refractivity contribution in [1.82, 2.24) is 35.0 Å². The Morgan fingerprint density at radius 1 is 1.10 bits per heavy atom. The third-order valence-electron chi connectivity index (χ3n) is 7.91. The molecule has 4 aromatic heterocycles. The van der Waals surface area contributed by atoms with Gasteiger partial charge in [0, 0.05) is 29.8 Å². The van der Waals surface area contributed by atoms with Crippen LogP contribution in [0.15, 0.2) is 53.3 Å². The summed E-state index contributed by atoms with van der Waals surface area (Å²) in [6, 6.07) is 11.0. The molecule has 6 rings (SSSR count). The number of piperidine rings is 1. The summed E-state index contributed by atoms with van der Waals surface area (Å²) in [5.74, 6) is 0.894. The summed E-state index contributed by atoms with van der Waals surface area (Å²) in [4.78, 5) is 36.3. The Labute approximate surface area is 243 Å². The minimum Gasteiger partial charge on any atom is -0.338 e. The molecular weight excluding hydrogens is 533 g/mol. The van der Waals surface area contributed by atoms with Crippen molar-refractivity contribution in [2.45, 2.75) is 57.8 Å². The molecule has 0 saturated carbocycles. The number of aromatic amines is 1. The molecule has 0 atom stereocenters. The van der Waals surface area contributed by atoms with Crippen molar-refractivity contribution in [2.24, 2.45) is 0 Å². The van der Waals surface area contributed by atoms with Crippen molar-refractivity contribution in [1.29, 1.82) is 0 Å². The van der Waals surface area contributed by atoms with Gasteiger partial charge in [-0.3, -0.25) is 9.78 Å². The summed E-state index contributed by atoms with van der Waals surface area (Å²) in [7, 11) is 2.16.